The first-order valence-corrected chi connectivity index (χ1v) is 6.01. The molecule has 2 heterocycles. The van der Waals surface area contributed by atoms with Crippen molar-refractivity contribution >= 4 is 22.5 Å². The van der Waals surface area contributed by atoms with Gasteiger partial charge < -0.3 is 14.9 Å². The quantitative estimate of drug-likeness (QED) is 0.795. The Kier molecular flexibility index (Phi) is 3.06. The molecule has 0 radical (unpaired) electrons. The Morgan fingerprint density at radius 2 is 2.21 bits per heavy atom. The second kappa shape index (κ2) is 4.87. The molecule has 3 aromatic rings. The number of benzene rings is 1. The third-order valence-electron chi connectivity index (χ3n) is 2.62. The SMILES string of the molecule is NCc1coc(Oc2ccc(Cl)c3cccnc23)n1. The van der Waals surface area contributed by atoms with Crippen LogP contribution in [0.25, 0.3) is 10.9 Å². The van der Waals surface area contributed by atoms with E-state index in [1.165, 1.54) is 6.26 Å². The van der Waals surface area contributed by atoms with Crippen molar-refractivity contribution < 1.29 is 9.15 Å². The van der Waals surface area contributed by atoms with Gasteiger partial charge >= 0.3 is 6.08 Å². The van der Waals surface area contributed by atoms with Gasteiger partial charge in [0.05, 0.1) is 10.7 Å². The van der Waals surface area contributed by atoms with Crippen LogP contribution < -0.4 is 10.5 Å². The third kappa shape index (κ3) is 2.25. The molecule has 0 fully saturated rings. The largest absolute Gasteiger partial charge is 0.417 e. The van der Waals surface area contributed by atoms with E-state index in [2.05, 4.69) is 9.97 Å². The highest BCUT2D eigenvalue weighted by molar-refractivity contribution is 6.35. The summed E-state index contributed by atoms with van der Waals surface area (Å²) in [6.07, 6.45) is 3.27. The molecule has 0 spiro atoms. The number of aromatic nitrogens is 2. The van der Waals surface area contributed by atoms with Crippen molar-refractivity contribution in [3.8, 4) is 11.8 Å². The Labute approximate surface area is 114 Å². The van der Waals surface area contributed by atoms with Crippen LogP contribution in [-0.2, 0) is 6.54 Å². The summed E-state index contributed by atoms with van der Waals surface area (Å²) in [5.41, 5.74) is 6.74. The molecule has 3 rings (SSSR count). The molecule has 6 heteroatoms. The van der Waals surface area contributed by atoms with Crippen molar-refractivity contribution in [2.75, 3.05) is 0 Å². The van der Waals surface area contributed by atoms with E-state index in [0.29, 0.717) is 28.5 Å². The van der Waals surface area contributed by atoms with Gasteiger partial charge in [-0.15, -0.1) is 0 Å². The highest BCUT2D eigenvalue weighted by Crippen LogP contribution is 2.32. The van der Waals surface area contributed by atoms with Gasteiger partial charge in [-0.25, -0.2) is 0 Å². The summed E-state index contributed by atoms with van der Waals surface area (Å²) in [6.45, 7) is 0.298. The standard InChI is InChI=1S/C13H10ClN3O2/c14-10-3-4-11(12-9(10)2-1-5-16-12)19-13-17-8(6-15)7-18-13/h1-5,7H,6,15H2. The van der Waals surface area contributed by atoms with E-state index in [1.807, 2.05) is 12.1 Å². The molecule has 0 saturated heterocycles. The summed E-state index contributed by atoms with van der Waals surface area (Å²) in [4.78, 5) is 8.34. The van der Waals surface area contributed by atoms with Gasteiger partial charge in [-0.05, 0) is 24.3 Å². The van der Waals surface area contributed by atoms with Crippen LogP contribution in [-0.4, -0.2) is 9.97 Å². The maximum Gasteiger partial charge on any atom is 0.399 e. The molecule has 0 aliphatic heterocycles. The molecule has 0 atom stereocenters. The highest BCUT2D eigenvalue weighted by Gasteiger charge is 2.11. The molecule has 2 aromatic heterocycles. The summed E-state index contributed by atoms with van der Waals surface area (Å²) >= 11 is 6.11. The number of rotatable bonds is 3. The number of nitrogens with two attached hydrogens (primary N) is 1. The minimum absolute atomic E-state index is 0.134. The Morgan fingerprint density at radius 3 is 3.00 bits per heavy atom. The average Bonchev–Trinajstić information content (AvgIpc) is 2.90. The molecule has 96 valence electrons. The lowest BCUT2D eigenvalue weighted by atomic mass is 10.2. The van der Waals surface area contributed by atoms with Crippen molar-refractivity contribution in [2.24, 2.45) is 5.73 Å². The van der Waals surface area contributed by atoms with Crippen LogP contribution in [0.5, 0.6) is 11.8 Å². The van der Waals surface area contributed by atoms with Crippen LogP contribution >= 0.6 is 11.6 Å². The lowest BCUT2D eigenvalue weighted by Crippen LogP contribution is -1.96. The fraction of sp³-hybridized carbons (Fsp3) is 0.0769. The molecular weight excluding hydrogens is 266 g/mol. The van der Waals surface area contributed by atoms with Crippen molar-refractivity contribution in [2.45, 2.75) is 6.54 Å². The highest BCUT2D eigenvalue weighted by atomic mass is 35.5. The van der Waals surface area contributed by atoms with E-state index in [9.17, 15) is 0 Å². The fourth-order valence-corrected chi connectivity index (χ4v) is 1.93. The monoisotopic (exact) mass is 275 g/mol. The number of hydrogen-bond acceptors (Lipinski definition) is 5. The summed E-state index contributed by atoms with van der Waals surface area (Å²) in [5, 5.41) is 1.43. The summed E-state index contributed by atoms with van der Waals surface area (Å²) in [6, 6.07) is 7.16. The van der Waals surface area contributed by atoms with E-state index < -0.39 is 0 Å². The number of halogens is 1. The van der Waals surface area contributed by atoms with Crippen LogP contribution in [0.4, 0.5) is 0 Å². The molecule has 0 bridgehead atoms. The van der Waals surface area contributed by atoms with Gasteiger partial charge in [0.1, 0.15) is 11.8 Å². The Balaban J connectivity index is 2.03. The van der Waals surface area contributed by atoms with Crippen molar-refractivity contribution in [1.29, 1.82) is 0 Å². The first-order valence-electron chi connectivity index (χ1n) is 5.63. The number of oxazole rings is 1. The normalized spacial score (nSPS) is 10.8. The second-order valence-electron chi connectivity index (χ2n) is 3.86. The summed E-state index contributed by atoms with van der Waals surface area (Å²) in [7, 11) is 0. The molecule has 0 aliphatic rings. The Bertz CT molecular complexity index is 727. The number of nitrogens with zero attached hydrogens (tertiary/aromatic N) is 2. The van der Waals surface area contributed by atoms with Gasteiger partial charge in [0.25, 0.3) is 0 Å². The molecule has 19 heavy (non-hydrogen) atoms. The van der Waals surface area contributed by atoms with Crippen LogP contribution in [0.1, 0.15) is 5.69 Å². The van der Waals surface area contributed by atoms with Gasteiger partial charge in [0.2, 0.25) is 0 Å². The summed E-state index contributed by atoms with van der Waals surface area (Å²) in [5.74, 6) is 0.533. The topological polar surface area (TPSA) is 74.2 Å². The van der Waals surface area contributed by atoms with Crippen LogP contribution in [0, 0.1) is 0 Å². The smallest absolute Gasteiger partial charge is 0.399 e. The van der Waals surface area contributed by atoms with Crippen LogP contribution in [0.3, 0.4) is 0 Å². The van der Waals surface area contributed by atoms with Gasteiger partial charge in [0.15, 0.2) is 5.75 Å². The molecule has 0 saturated carbocycles. The van der Waals surface area contributed by atoms with Gasteiger partial charge in [-0.1, -0.05) is 11.6 Å². The van der Waals surface area contributed by atoms with E-state index in [-0.39, 0.29) is 6.08 Å². The molecule has 5 nitrogen and oxygen atoms in total. The number of ether oxygens (including phenoxy) is 1. The maximum absolute atomic E-state index is 6.11. The first-order chi connectivity index (χ1) is 9.28. The van der Waals surface area contributed by atoms with E-state index in [1.54, 1.807) is 18.3 Å². The van der Waals surface area contributed by atoms with Crippen LogP contribution in [0.2, 0.25) is 5.02 Å². The van der Waals surface area contributed by atoms with Crippen molar-refractivity contribution in [3.63, 3.8) is 0 Å². The third-order valence-corrected chi connectivity index (χ3v) is 2.95. The van der Waals surface area contributed by atoms with E-state index in [4.69, 9.17) is 26.5 Å². The minimum atomic E-state index is 0.134. The zero-order chi connectivity index (χ0) is 13.2. The first kappa shape index (κ1) is 12.0. The second-order valence-corrected chi connectivity index (χ2v) is 4.26. The van der Waals surface area contributed by atoms with Crippen molar-refractivity contribution in [1.82, 2.24) is 9.97 Å². The van der Waals surface area contributed by atoms with E-state index >= 15 is 0 Å². The molecular formula is C13H10ClN3O2. The van der Waals surface area contributed by atoms with Gasteiger partial charge in [0, 0.05) is 18.1 Å². The van der Waals surface area contributed by atoms with E-state index in [0.717, 1.165) is 5.39 Å². The number of pyridine rings is 1. The zero-order valence-corrected chi connectivity index (χ0v) is 10.6. The molecule has 0 aliphatic carbocycles. The lowest BCUT2D eigenvalue weighted by molar-refractivity contribution is 0.333. The lowest BCUT2D eigenvalue weighted by Gasteiger charge is -2.05. The van der Waals surface area contributed by atoms with Gasteiger partial charge in [-0.3, -0.25) is 4.98 Å². The molecule has 1 aromatic carbocycles. The zero-order valence-electron chi connectivity index (χ0n) is 9.84. The minimum Gasteiger partial charge on any atom is -0.417 e. The Morgan fingerprint density at radius 1 is 1.32 bits per heavy atom. The molecule has 0 amide bonds. The van der Waals surface area contributed by atoms with Crippen molar-refractivity contribution in [3.05, 3.63) is 47.4 Å². The summed E-state index contributed by atoms with van der Waals surface area (Å²) < 4.78 is 10.7. The average molecular weight is 276 g/mol. The maximum atomic E-state index is 6.11. The molecule has 2 N–H and O–H groups in total. The number of fused-ring (bicyclic) bond motifs is 1. The Hall–Kier alpha value is -2.11. The van der Waals surface area contributed by atoms with Crippen LogP contribution in [0.15, 0.2) is 41.1 Å². The fourth-order valence-electron chi connectivity index (χ4n) is 1.72. The predicted molar refractivity (Wildman–Crippen MR) is 71.2 cm³/mol. The predicted octanol–water partition coefficient (Wildman–Crippen LogP) is 3.13. The van der Waals surface area contributed by atoms with Gasteiger partial charge in [-0.2, -0.15) is 4.98 Å². The molecule has 0 unspecified atom stereocenters. The number of hydrogen-bond donors (Lipinski definition) is 1.